The monoisotopic (exact) mass is 350 g/mol. The van der Waals surface area contributed by atoms with Crippen molar-refractivity contribution in [3.8, 4) is 0 Å². The Bertz CT molecular complexity index is 769. The second-order valence-corrected chi connectivity index (χ2v) is 6.69. The Labute approximate surface area is 128 Å². The quantitative estimate of drug-likeness (QED) is 0.505. The van der Waals surface area contributed by atoms with E-state index < -0.39 is 49.6 Å². The van der Waals surface area contributed by atoms with Gasteiger partial charge in [-0.25, -0.2) is 14.2 Å². The highest BCUT2D eigenvalue weighted by atomic mass is 31.2. The Kier molecular flexibility index (Phi) is 4.87. The molecule has 0 saturated carbocycles. The van der Waals surface area contributed by atoms with Gasteiger partial charge in [-0.3, -0.25) is 18.9 Å². The molecule has 1 aromatic rings. The molecule has 1 saturated heterocycles. The summed E-state index contributed by atoms with van der Waals surface area (Å²) in [5.74, 6) is 0. The molecule has 0 radical (unpaired) electrons. The van der Waals surface area contributed by atoms with Crippen molar-refractivity contribution in [2.24, 2.45) is 0 Å². The molecule has 23 heavy (non-hydrogen) atoms. The summed E-state index contributed by atoms with van der Waals surface area (Å²) in [6, 6.07) is 0. The first-order chi connectivity index (χ1) is 10.6. The predicted octanol–water partition coefficient (Wildman–Crippen LogP) is -0.627. The normalized spacial score (nSPS) is 26.8. The first-order valence-corrected chi connectivity index (χ1v) is 8.06. The number of hydrogen-bond acceptors (Lipinski definition) is 7. The van der Waals surface area contributed by atoms with Crippen LogP contribution in [0.1, 0.15) is 18.2 Å². The van der Waals surface area contributed by atoms with Crippen molar-refractivity contribution in [1.82, 2.24) is 9.55 Å². The van der Waals surface area contributed by atoms with E-state index in [1.54, 1.807) is 0 Å². The highest BCUT2D eigenvalue weighted by molar-refractivity contribution is 7.70. The van der Waals surface area contributed by atoms with Gasteiger partial charge in [0.2, 0.25) is 0 Å². The van der Waals surface area contributed by atoms with Crippen LogP contribution in [0.4, 0.5) is 4.79 Å². The van der Waals surface area contributed by atoms with Crippen molar-refractivity contribution in [3.63, 3.8) is 0 Å². The van der Waals surface area contributed by atoms with Crippen molar-refractivity contribution < 1.29 is 33.7 Å². The molecule has 1 fully saturated rings. The van der Waals surface area contributed by atoms with Gasteiger partial charge in [-0.05, 0) is 6.92 Å². The van der Waals surface area contributed by atoms with E-state index in [1.807, 2.05) is 0 Å². The minimum absolute atomic E-state index is 0.0395. The Morgan fingerprint density at radius 3 is 2.83 bits per heavy atom. The maximum absolute atomic E-state index is 11.8. The molecule has 4 N–H and O–H groups in total. The number of ether oxygens (including phenoxy) is 1. The molecule has 0 amide bonds. The van der Waals surface area contributed by atoms with Crippen LogP contribution in [0.5, 0.6) is 0 Å². The van der Waals surface area contributed by atoms with E-state index in [0.29, 0.717) is 0 Å². The highest BCUT2D eigenvalue weighted by Crippen LogP contribution is 2.43. The number of nitrogens with zero attached hydrogens (tertiary/aromatic N) is 1. The van der Waals surface area contributed by atoms with E-state index >= 15 is 0 Å². The number of aromatic amines is 1. The zero-order valence-corrected chi connectivity index (χ0v) is 12.8. The van der Waals surface area contributed by atoms with E-state index in [0.717, 1.165) is 4.57 Å². The zero-order valence-electron chi connectivity index (χ0n) is 11.9. The summed E-state index contributed by atoms with van der Waals surface area (Å²) in [4.78, 5) is 44.7. The third-order valence-electron chi connectivity index (χ3n) is 3.32. The maximum Gasteiger partial charge on any atom is 0.435 e. The number of carboxylic acid groups (broad SMARTS) is 1. The lowest BCUT2D eigenvalue weighted by atomic mass is 10.2. The fourth-order valence-corrected chi connectivity index (χ4v) is 2.53. The fraction of sp³-hybridized carbons (Fsp3) is 0.545. The molecule has 0 aliphatic carbocycles. The molecular formula is C11H15N2O9P. The maximum atomic E-state index is 11.8. The van der Waals surface area contributed by atoms with E-state index in [9.17, 15) is 24.1 Å². The van der Waals surface area contributed by atoms with Gasteiger partial charge in [-0.15, -0.1) is 0 Å². The number of rotatable bonds is 5. The number of nitrogens with one attached hydrogen (secondary N) is 1. The number of carbonyl (C=O) groups is 1. The molecular weight excluding hydrogens is 335 g/mol. The molecule has 12 heteroatoms. The largest absolute Gasteiger partial charge is 0.472 e. The lowest BCUT2D eigenvalue weighted by molar-refractivity contribution is -0.0422. The van der Waals surface area contributed by atoms with Gasteiger partial charge in [0.15, 0.2) is 0 Å². The SMILES string of the molecule is Cc1cn([C@H]2C[C@H](O)[C@@H](COP(=O)(O)C(=O)O)O2)c(=O)[nH]c1=O. The first kappa shape index (κ1) is 17.6. The third kappa shape index (κ3) is 3.77. The number of aliphatic hydroxyl groups is 1. The molecule has 1 aliphatic heterocycles. The van der Waals surface area contributed by atoms with Gasteiger partial charge in [-0.1, -0.05) is 0 Å². The molecule has 1 unspecified atom stereocenters. The van der Waals surface area contributed by atoms with Crippen LogP contribution < -0.4 is 11.2 Å². The zero-order chi connectivity index (χ0) is 17.4. The van der Waals surface area contributed by atoms with Crippen LogP contribution in [0.3, 0.4) is 0 Å². The van der Waals surface area contributed by atoms with Crippen LogP contribution in [0, 0.1) is 6.92 Å². The van der Waals surface area contributed by atoms with Crippen LogP contribution in [-0.2, 0) is 13.8 Å². The number of aliphatic hydroxyl groups excluding tert-OH is 1. The minimum Gasteiger partial charge on any atom is -0.472 e. The topological polar surface area (TPSA) is 168 Å². The van der Waals surface area contributed by atoms with Crippen molar-refractivity contribution in [2.45, 2.75) is 31.8 Å². The summed E-state index contributed by atoms with van der Waals surface area (Å²) in [6.07, 6.45) is -1.95. The molecule has 0 spiro atoms. The summed E-state index contributed by atoms with van der Waals surface area (Å²) in [5.41, 5.74) is -3.05. The van der Waals surface area contributed by atoms with Gasteiger partial charge in [-0.2, -0.15) is 0 Å². The Morgan fingerprint density at radius 1 is 1.57 bits per heavy atom. The van der Waals surface area contributed by atoms with Gasteiger partial charge < -0.3 is 19.8 Å². The van der Waals surface area contributed by atoms with Crippen LogP contribution in [-0.4, -0.2) is 49.2 Å². The van der Waals surface area contributed by atoms with Crippen molar-refractivity contribution in [3.05, 3.63) is 32.6 Å². The molecule has 2 heterocycles. The summed E-state index contributed by atoms with van der Waals surface area (Å²) in [7, 11) is -4.85. The van der Waals surface area contributed by atoms with Crippen LogP contribution in [0.2, 0.25) is 0 Å². The standard InChI is InChI=1S/C11H15N2O9P/c1-5-3-13(10(16)12-9(5)15)8-2-6(14)7(22-8)4-21-23(19,20)11(17)18/h3,6-8,14H,2,4H2,1H3,(H,17,18)(H,19,20)(H,12,15,16)/t6-,7+,8+/m0/s1. The van der Waals surface area contributed by atoms with E-state index in [1.165, 1.54) is 13.1 Å². The van der Waals surface area contributed by atoms with Gasteiger partial charge in [0.1, 0.15) is 12.3 Å². The molecule has 4 atom stereocenters. The predicted molar refractivity (Wildman–Crippen MR) is 74.4 cm³/mol. The molecule has 2 rings (SSSR count). The van der Waals surface area contributed by atoms with Crippen LogP contribution in [0.15, 0.2) is 15.8 Å². The molecule has 1 aromatic heterocycles. The van der Waals surface area contributed by atoms with E-state index in [2.05, 4.69) is 9.51 Å². The van der Waals surface area contributed by atoms with E-state index in [-0.39, 0.29) is 12.0 Å². The molecule has 0 bridgehead atoms. The Hall–Kier alpha value is -1.78. The summed E-state index contributed by atoms with van der Waals surface area (Å²) >= 11 is 0. The first-order valence-electron chi connectivity index (χ1n) is 6.48. The summed E-state index contributed by atoms with van der Waals surface area (Å²) in [6.45, 7) is 0.838. The van der Waals surface area contributed by atoms with Crippen molar-refractivity contribution >= 4 is 13.3 Å². The second-order valence-electron chi connectivity index (χ2n) is 5.01. The highest BCUT2D eigenvalue weighted by Gasteiger charge is 2.39. The summed E-state index contributed by atoms with van der Waals surface area (Å²) in [5, 5.41) is 18.3. The third-order valence-corrected chi connectivity index (χ3v) is 4.30. The number of aromatic nitrogens is 2. The van der Waals surface area contributed by atoms with Crippen LogP contribution in [0.25, 0.3) is 0 Å². The van der Waals surface area contributed by atoms with E-state index in [4.69, 9.17) is 14.7 Å². The average Bonchev–Trinajstić information content (AvgIpc) is 2.81. The smallest absolute Gasteiger partial charge is 0.435 e. The minimum atomic E-state index is -4.85. The lowest BCUT2D eigenvalue weighted by Gasteiger charge is -2.17. The second kappa shape index (κ2) is 6.38. The lowest BCUT2D eigenvalue weighted by Crippen LogP contribution is -2.33. The number of hydrogen-bond donors (Lipinski definition) is 4. The average molecular weight is 350 g/mol. The van der Waals surface area contributed by atoms with Crippen molar-refractivity contribution in [2.75, 3.05) is 6.61 Å². The van der Waals surface area contributed by atoms with Gasteiger partial charge in [0.25, 0.3) is 5.56 Å². The molecule has 11 nitrogen and oxygen atoms in total. The van der Waals surface area contributed by atoms with Gasteiger partial charge in [0.05, 0.1) is 12.7 Å². The fourth-order valence-electron chi connectivity index (χ4n) is 2.07. The van der Waals surface area contributed by atoms with Crippen LogP contribution >= 0.6 is 7.60 Å². The molecule has 0 aromatic carbocycles. The van der Waals surface area contributed by atoms with Crippen molar-refractivity contribution in [1.29, 1.82) is 0 Å². The number of aryl methyl sites for hydroxylation is 1. The van der Waals surface area contributed by atoms with Gasteiger partial charge in [0, 0.05) is 18.2 Å². The number of H-pyrrole nitrogens is 1. The molecule has 128 valence electrons. The Morgan fingerprint density at radius 2 is 2.22 bits per heavy atom. The summed E-state index contributed by atoms with van der Waals surface area (Å²) < 4.78 is 22.0. The Balaban J connectivity index is 2.11. The van der Waals surface area contributed by atoms with Gasteiger partial charge >= 0.3 is 19.0 Å². The molecule has 1 aliphatic rings.